The van der Waals surface area contributed by atoms with Gasteiger partial charge in [0.1, 0.15) is 13.2 Å². The van der Waals surface area contributed by atoms with Crippen molar-refractivity contribution >= 4 is 29.0 Å². The first-order valence-corrected chi connectivity index (χ1v) is 9.26. The van der Waals surface area contributed by atoms with Gasteiger partial charge in [-0.2, -0.15) is 13.2 Å². The fourth-order valence-electron chi connectivity index (χ4n) is 2.58. The molecule has 0 aliphatic carbocycles. The van der Waals surface area contributed by atoms with E-state index in [1.165, 1.54) is 6.92 Å². The summed E-state index contributed by atoms with van der Waals surface area (Å²) in [4.78, 5) is 22.9. The first-order chi connectivity index (χ1) is 13.6. The second-order valence-electron chi connectivity index (χ2n) is 6.04. The Kier molecular flexibility index (Phi) is 5.87. The molecule has 1 amide bonds. The molecule has 0 aromatic heterocycles. The number of hydrogen-bond donors (Lipinski definition) is 1. The number of thioether (sulfide) groups is 1. The van der Waals surface area contributed by atoms with Gasteiger partial charge in [-0.05, 0) is 31.2 Å². The predicted octanol–water partition coefficient (Wildman–Crippen LogP) is 4.50. The number of benzene rings is 2. The van der Waals surface area contributed by atoms with Gasteiger partial charge in [0.2, 0.25) is 5.91 Å². The smallest absolute Gasteiger partial charge is 0.418 e. The van der Waals surface area contributed by atoms with E-state index in [2.05, 4.69) is 5.32 Å². The summed E-state index contributed by atoms with van der Waals surface area (Å²) in [5.74, 6) is 0.436. The van der Waals surface area contributed by atoms with E-state index in [0.717, 1.165) is 23.9 Å². The molecule has 0 saturated heterocycles. The zero-order valence-electron chi connectivity index (χ0n) is 15.0. The molecule has 1 N–H and O–H groups in total. The van der Waals surface area contributed by atoms with Gasteiger partial charge in [-0.1, -0.05) is 0 Å². The van der Waals surface area contributed by atoms with Crippen molar-refractivity contribution < 1.29 is 32.4 Å². The highest BCUT2D eigenvalue weighted by atomic mass is 32.2. The average molecular weight is 428 g/mol. The van der Waals surface area contributed by atoms with Crippen molar-refractivity contribution in [2.75, 3.05) is 18.5 Å². The number of ether oxygens (including phenoxy) is 2. The molecule has 1 aliphatic heterocycles. The Morgan fingerprint density at radius 3 is 2.52 bits per heavy atom. The SMILES string of the molecule is C[C@@H](Sc1ccc2c(c1)OCCO2)C(=O)Nc1ccc([N+](=O)[O-])cc1C(F)(F)F. The Labute approximate surface area is 167 Å². The number of fused-ring (bicyclic) bond motifs is 1. The Balaban J connectivity index is 1.75. The Morgan fingerprint density at radius 2 is 1.86 bits per heavy atom. The van der Waals surface area contributed by atoms with Crippen LogP contribution in [0.4, 0.5) is 24.5 Å². The Bertz CT molecular complexity index is 952. The van der Waals surface area contributed by atoms with Gasteiger partial charge in [-0.25, -0.2) is 0 Å². The molecule has 154 valence electrons. The number of non-ortho nitro benzene ring substituents is 1. The molecule has 0 unspecified atom stereocenters. The largest absolute Gasteiger partial charge is 0.486 e. The molecule has 3 rings (SSSR count). The van der Waals surface area contributed by atoms with Crippen molar-refractivity contribution in [3.63, 3.8) is 0 Å². The molecule has 11 heteroatoms. The molecule has 0 radical (unpaired) electrons. The van der Waals surface area contributed by atoms with Crippen LogP contribution < -0.4 is 14.8 Å². The number of nitro benzene ring substituents is 1. The van der Waals surface area contributed by atoms with Crippen molar-refractivity contribution in [3.8, 4) is 11.5 Å². The summed E-state index contributed by atoms with van der Waals surface area (Å²) in [5.41, 5.74) is -2.53. The molecular weight excluding hydrogens is 413 g/mol. The standard InChI is InChI=1S/C18H15F3N2O5S/c1-10(29-12-3-5-15-16(9-12)28-7-6-27-15)17(24)22-14-4-2-11(23(25)26)8-13(14)18(19,20)21/h2-5,8-10H,6-7H2,1H3,(H,22,24)/t10-/m1/s1. The quantitative estimate of drug-likeness (QED) is 0.428. The number of carbonyl (C=O) groups excluding carboxylic acids is 1. The molecule has 7 nitrogen and oxygen atoms in total. The van der Waals surface area contributed by atoms with E-state index >= 15 is 0 Å². The van der Waals surface area contributed by atoms with Gasteiger partial charge >= 0.3 is 6.18 Å². The highest BCUT2D eigenvalue weighted by molar-refractivity contribution is 8.00. The lowest BCUT2D eigenvalue weighted by atomic mass is 10.1. The summed E-state index contributed by atoms with van der Waals surface area (Å²) >= 11 is 1.13. The van der Waals surface area contributed by atoms with Crippen LogP contribution in [0.5, 0.6) is 11.5 Å². The fraction of sp³-hybridized carbons (Fsp3) is 0.278. The zero-order valence-corrected chi connectivity index (χ0v) is 15.8. The van der Waals surface area contributed by atoms with E-state index in [0.29, 0.717) is 35.7 Å². The summed E-state index contributed by atoms with van der Waals surface area (Å²) < 4.78 is 50.6. The summed E-state index contributed by atoms with van der Waals surface area (Å²) in [6, 6.07) is 7.28. The first-order valence-electron chi connectivity index (χ1n) is 8.38. The van der Waals surface area contributed by atoms with E-state index in [-0.39, 0.29) is 0 Å². The number of anilines is 1. The second kappa shape index (κ2) is 8.19. The van der Waals surface area contributed by atoms with Gasteiger partial charge in [0, 0.05) is 17.0 Å². The van der Waals surface area contributed by atoms with Crippen molar-refractivity contribution in [2.45, 2.75) is 23.2 Å². The average Bonchev–Trinajstić information content (AvgIpc) is 2.67. The van der Waals surface area contributed by atoms with Gasteiger partial charge in [0.15, 0.2) is 11.5 Å². The van der Waals surface area contributed by atoms with E-state index in [1.807, 2.05) is 0 Å². The molecule has 1 aliphatic rings. The van der Waals surface area contributed by atoms with Gasteiger partial charge in [0.25, 0.3) is 5.69 Å². The minimum atomic E-state index is -4.86. The van der Waals surface area contributed by atoms with Crippen LogP contribution in [-0.2, 0) is 11.0 Å². The van der Waals surface area contributed by atoms with Crippen molar-refractivity contribution in [1.82, 2.24) is 0 Å². The van der Waals surface area contributed by atoms with Crippen LogP contribution in [0.3, 0.4) is 0 Å². The Hall–Kier alpha value is -2.95. The second-order valence-corrected chi connectivity index (χ2v) is 7.45. The highest BCUT2D eigenvalue weighted by Crippen LogP contribution is 2.38. The van der Waals surface area contributed by atoms with E-state index in [4.69, 9.17) is 9.47 Å². The number of nitrogens with one attached hydrogen (secondary N) is 1. The maximum atomic E-state index is 13.2. The minimum Gasteiger partial charge on any atom is -0.486 e. The van der Waals surface area contributed by atoms with Crippen molar-refractivity contribution in [2.24, 2.45) is 0 Å². The van der Waals surface area contributed by atoms with E-state index in [9.17, 15) is 28.1 Å². The number of carbonyl (C=O) groups is 1. The molecule has 29 heavy (non-hydrogen) atoms. The molecule has 1 heterocycles. The van der Waals surface area contributed by atoms with Gasteiger partial charge in [0.05, 0.1) is 21.4 Å². The lowest BCUT2D eigenvalue weighted by Crippen LogP contribution is -2.24. The van der Waals surface area contributed by atoms with Crippen LogP contribution in [0.25, 0.3) is 0 Å². The van der Waals surface area contributed by atoms with Gasteiger partial charge < -0.3 is 14.8 Å². The van der Waals surface area contributed by atoms with Crippen LogP contribution >= 0.6 is 11.8 Å². The number of nitro groups is 1. The third kappa shape index (κ3) is 4.91. The van der Waals surface area contributed by atoms with Crippen LogP contribution in [0.15, 0.2) is 41.3 Å². The number of amides is 1. The molecular formula is C18H15F3N2O5S. The molecule has 2 aromatic carbocycles. The first kappa shape index (κ1) is 20.8. The summed E-state index contributed by atoms with van der Waals surface area (Å²) in [6.45, 7) is 2.38. The van der Waals surface area contributed by atoms with Crippen LogP contribution in [0.2, 0.25) is 0 Å². The molecule has 0 spiro atoms. The lowest BCUT2D eigenvalue weighted by molar-refractivity contribution is -0.385. The number of nitrogens with zero attached hydrogens (tertiary/aromatic N) is 1. The summed E-state index contributed by atoms with van der Waals surface area (Å²) in [5, 5.41) is 12.2. The van der Waals surface area contributed by atoms with Crippen LogP contribution in [0, 0.1) is 10.1 Å². The van der Waals surface area contributed by atoms with Crippen molar-refractivity contribution in [1.29, 1.82) is 0 Å². The number of alkyl halides is 3. The van der Waals surface area contributed by atoms with E-state index < -0.39 is 39.2 Å². The highest BCUT2D eigenvalue weighted by Gasteiger charge is 2.36. The monoisotopic (exact) mass is 428 g/mol. The molecule has 0 bridgehead atoms. The van der Waals surface area contributed by atoms with Crippen molar-refractivity contribution in [3.05, 3.63) is 52.1 Å². The third-order valence-electron chi connectivity index (χ3n) is 3.97. The third-order valence-corrected chi connectivity index (χ3v) is 5.07. The maximum absolute atomic E-state index is 13.2. The van der Waals surface area contributed by atoms with E-state index in [1.54, 1.807) is 18.2 Å². The number of rotatable bonds is 5. The van der Waals surface area contributed by atoms with Gasteiger partial charge in [-0.3, -0.25) is 14.9 Å². The normalized spacial score (nSPS) is 14.2. The molecule has 2 aromatic rings. The Morgan fingerprint density at radius 1 is 1.17 bits per heavy atom. The van der Waals surface area contributed by atoms with Crippen LogP contribution in [-0.4, -0.2) is 29.3 Å². The molecule has 0 fully saturated rings. The number of halogens is 3. The van der Waals surface area contributed by atoms with Crippen LogP contribution in [0.1, 0.15) is 12.5 Å². The molecule has 1 atom stereocenters. The van der Waals surface area contributed by atoms with Gasteiger partial charge in [-0.15, -0.1) is 11.8 Å². The molecule has 0 saturated carbocycles. The lowest BCUT2D eigenvalue weighted by Gasteiger charge is -2.20. The zero-order chi connectivity index (χ0) is 21.2. The number of hydrogen-bond acceptors (Lipinski definition) is 6. The fourth-order valence-corrected chi connectivity index (χ4v) is 3.47. The minimum absolute atomic E-state index is 0.397. The maximum Gasteiger partial charge on any atom is 0.418 e. The summed E-state index contributed by atoms with van der Waals surface area (Å²) in [6.07, 6.45) is -4.86. The topological polar surface area (TPSA) is 90.7 Å². The summed E-state index contributed by atoms with van der Waals surface area (Å²) in [7, 11) is 0. The predicted molar refractivity (Wildman–Crippen MR) is 99.5 cm³/mol.